The molecule has 0 aliphatic carbocycles. The summed E-state index contributed by atoms with van der Waals surface area (Å²) in [5.74, 6) is 1.18. The first kappa shape index (κ1) is 15.4. The molecule has 116 valence electrons. The van der Waals surface area contributed by atoms with E-state index >= 15 is 0 Å². The van der Waals surface area contributed by atoms with Gasteiger partial charge in [0.05, 0.1) is 0 Å². The molecule has 0 bridgehead atoms. The molecule has 3 aromatic rings. The van der Waals surface area contributed by atoms with Crippen LogP contribution in [0, 0.1) is 6.92 Å². The van der Waals surface area contributed by atoms with Crippen molar-refractivity contribution in [1.29, 1.82) is 0 Å². The molecule has 2 heterocycles. The molecule has 3 rings (SSSR count). The van der Waals surface area contributed by atoms with E-state index in [1.807, 2.05) is 43.3 Å². The molecule has 0 spiro atoms. The molecule has 0 radical (unpaired) electrons. The van der Waals surface area contributed by atoms with E-state index in [0.29, 0.717) is 23.3 Å². The van der Waals surface area contributed by atoms with Crippen molar-refractivity contribution in [2.75, 3.05) is 5.75 Å². The monoisotopic (exact) mass is 325 g/mol. The topological polar surface area (TPSA) is 68.9 Å². The van der Waals surface area contributed by atoms with Crippen molar-refractivity contribution in [3.8, 4) is 11.5 Å². The van der Waals surface area contributed by atoms with E-state index in [1.54, 1.807) is 12.4 Å². The maximum absolute atomic E-state index is 12.1. The fraction of sp³-hybridized carbons (Fsp3) is 0.176. The zero-order valence-electron chi connectivity index (χ0n) is 12.6. The van der Waals surface area contributed by atoms with Gasteiger partial charge in [0, 0.05) is 35.7 Å². The highest BCUT2D eigenvalue weighted by atomic mass is 32.2. The van der Waals surface area contributed by atoms with Crippen molar-refractivity contribution in [3.05, 3.63) is 59.9 Å². The Balaban J connectivity index is 1.54. The normalized spacial score (nSPS) is 10.7. The molecule has 0 aliphatic rings. The lowest BCUT2D eigenvalue weighted by Gasteiger charge is -2.00. The van der Waals surface area contributed by atoms with Crippen molar-refractivity contribution in [2.45, 2.75) is 18.6 Å². The Kier molecular flexibility index (Phi) is 4.83. The Morgan fingerprint density at radius 3 is 2.57 bits per heavy atom. The minimum absolute atomic E-state index is 0.117. The number of Topliss-reactive ketones (excluding diaryl/α,β-unsaturated/α-hetero) is 1. The number of ketones is 1. The minimum atomic E-state index is 0.117. The molecule has 5 nitrogen and oxygen atoms in total. The highest BCUT2D eigenvalue weighted by Crippen LogP contribution is 2.23. The van der Waals surface area contributed by atoms with E-state index in [0.717, 1.165) is 16.7 Å². The van der Waals surface area contributed by atoms with Gasteiger partial charge < -0.3 is 4.42 Å². The van der Waals surface area contributed by atoms with E-state index in [2.05, 4.69) is 15.2 Å². The Labute approximate surface area is 138 Å². The molecular weight excluding hydrogens is 310 g/mol. The van der Waals surface area contributed by atoms with Crippen molar-refractivity contribution in [3.63, 3.8) is 0 Å². The zero-order chi connectivity index (χ0) is 16.1. The first-order valence-electron chi connectivity index (χ1n) is 7.19. The maximum Gasteiger partial charge on any atom is 0.276 e. The average molecular weight is 325 g/mol. The summed E-state index contributed by atoms with van der Waals surface area (Å²) in [7, 11) is 0. The molecule has 1 aromatic carbocycles. The molecule has 0 saturated heterocycles. The van der Waals surface area contributed by atoms with Gasteiger partial charge in [0.15, 0.2) is 5.78 Å². The fourth-order valence-electron chi connectivity index (χ4n) is 1.99. The Bertz CT molecular complexity index is 785. The lowest BCUT2D eigenvalue weighted by molar-refractivity contribution is 0.0989. The lowest BCUT2D eigenvalue weighted by Crippen LogP contribution is -2.00. The van der Waals surface area contributed by atoms with Crippen LogP contribution in [0.5, 0.6) is 0 Å². The fourth-order valence-corrected chi connectivity index (χ4v) is 2.69. The third kappa shape index (κ3) is 4.04. The molecule has 0 atom stereocenters. The van der Waals surface area contributed by atoms with Gasteiger partial charge in [0.25, 0.3) is 5.22 Å². The van der Waals surface area contributed by atoms with E-state index in [-0.39, 0.29) is 5.78 Å². The summed E-state index contributed by atoms with van der Waals surface area (Å²) in [6.45, 7) is 2.00. The Morgan fingerprint density at radius 1 is 1.09 bits per heavy atom. The van der Waals surface area contributed by atoms with Crippen LogP contribution in [-0.2, 0) is 0 Å². The number of carbonyl (C=O) groups is 1. The van der Waals surface area contributed by atoms with Crippen LogP contribution in [0.25, 0.3) is 11.5 Å². The van der Waals surface area contributed by atoms with Crippen molar-refractivity contribution in [2.24, 2.45) is 0 Å². The molecule has 0 amide bonds. The quantitative estimate of drug-likeness (QED) is 0.507. The smallest absolute Gasteiger partial charge is 0.276 e. The molecule has 2 aromatic heterocycles. The van der Waals surface area contributed by atoms with Crippen LogP contribution in [0.4, 0.5) is 0 Å². The zero-order valence-corrected chi connectivity index (χ0v) is 13.4. The van der Waals surface area contributed by atoms with Gasteiger partial charge in [-0.1, -0.05) is 41.6 Å². The predicted molar refractivity (Wildman–Crippen MR) is 88.4 cm³/mol. The second-order valence-electron chi connectivity index (χ2n) is 5.00. The molecule has 0 aliphatic heterocycles. The highest BCUT2D eigenvalue weighted by Gasteiger charge is 2.10. The number of pyridine rings is 1. The van der Waals surface area contributed by atoms with Crippen LogP contribution in [0.1, 0.15) is 22.3 Å². The highest BCUT2D eigenvalue weighted by molar-refractivity contribution is 7.99. The van der Waals surface area contributed by atoms with Crippen LogP contribution in [0.2, 0.25) is 0 Å². The van der Waals surface area contributed by atoms with E-state index in [9.17, 15) is 4.79 Å². The second-order valence-corrected chi connectivity index (χ2v) is 6.04. The minimum Gasteiger partial charge on any atom is -0.411 e. The molecule has 0 unspecified atom stereocenters. The number of rotatable bonds is 6. The maximum atomic E-state index is 12.1. The van der Waals surface area contributed by atoms with E-state index in [1.165, 1.54) is 11.8 Å². The summed E-state index contributed by atoms with van der Waals surface area (Å²) >= 11 is 1.39. The molecule has 6 heteroatoms. The molecule has 0 fully saturated rings. The third-order valence-corrected chi connectivity index (χ3v) is 4.08. The van der Waals surface area contributed by atoms with Gasteiger partial charge in [-0.15, -0.1) is 10.2 Å². The second kappa shape index (κ2) is 7.19. The number of benzene rings is 1. The van der Waals surface area contributed by atoms with Gasteiger partial charge in [0.1, 0.15) is 0 Å². The van der Waals surface area contributed by atoms with Gasteiger partial charge in [-0.3, -0.25) is 9.78 Å². The Morgan fingerprint density at radius 2 is 1.83 bits per heavy atom. The summed E-state index contributed by atoms with van der Waals surface area (Å²) in [5.41, 5.74) is 2.71. The molecule has 23 heavy (non-hydrogen) atoms. The predicted octanol–water partition coefficient (Wildman–Crippen LogP) is 3.81. The summed E-state index contributed by atoms with van der Waals surface area (Å²) in [4.78, 5) is 16.0. The van der Waals surface area contributed by atoms with Crippen LogP contribution < -0.4 is 0 Å². The van der Waals surface area contributed by atoms with Crippen LogP contribution >= 0.6 is 11.8 Å². The number of nitrogens with zero attached hydrogens (tertiary/aromatic N) is 3. The van der Waals surface area contributed by atoms with Crippen LogP contribution in [-0.4, -0.2) is 26.7 Å². The number of aryl methyl sites for hydroxylation is 1. The summed E-state index contributed by atoms with van der Waals surface area (Å²) in [5, 5.41) is 8.46. The van der Waals surface area contributed by atoms with Crippen molar-refractivity contribution < 1.29 is 9.21 Å². The summed E-state index contributed by atoms with van der Waals surface area (Å²) in [6, 6.07) is 11.2. The van der Waals surface area contributed by atoms with Gasteiger partial charge in [-0.05, 0) is 19.1 Å². The van der Waals surface area contributed by atoms with Gasteiger partial charge in [-0.25, -0.2) is 0 Å². The van der Waals surface area contributed by atoms with E-state index in [4.69, 9.17) is 4.42 Å². The van der Waals surface area contributed by atoms with Gasteiger partial charge >= 0.3 is 0 Å². The Hall–Kier alpha value is -2.47. The SMILES string of the molecule is Cc1ccc(C(=O)CCSc2nnc(-c3ccncc3)o2)cc1. The molecular formula is C17H15N3O2S. The number of aromatic nitrogens is 3. The van der Waals surface area contributed by atoms with Crippen LogP contribution in [0.3, 0.4) is 0 Å². The number of hydrogen-bond donors (Lipinski definition) is 0. The lowest BCUT2D eigenvalue weighted by atomic mass is 10.1. The molecule has 0 N–H and O–H groups in total. The van der Waals surface area contributed by atoms with Gasteiger partial charge in [0.2, 0.25) is 5.89 Å². The summed E-state index contributed by atoms with van der Waals surface area (Å²) in [6.07, 6.45) is 3.78. The van der Waals surface area contributed by atoms with Gasteiger partial charge in [-0.2, -0.15) is 0 Å². The number of hydrogen-bond acceptors (Lipinski definition) is 6. The first-order valence-corrected chi connectivity index (χ1v) is 8.17. The van der Waals surface area contributed by atoms with Crippen LogP contribution in [0.15, 0.2) is 58.4 Å². The number of thioether (sulfide) groups is 1. The number of carbonyl (C=O) groups excluding carboxylic acids is 1. The van der Waals surface area contributed by atoms with Crippen molar-refractivity contribution >= 4 is 17.5 Å². The van der Waals surface area contributed by atoms with E-state index < -0.39 is 0 Å². The first-order chi connectivity index (χ1) is 11.2. The standard InChI is InChI=1S/C17H15N3O2S/c1-12-2-4-13(5-3-12)15(21)8-11-23-17-20-19-16(22-17)14-6-9-18-10-7-14/h2-7,9-10H,8,11H2,1H3. The third-order valence-electron chi connectivity index (χ3n) is 3.26. The average Bonchev–Trinajstić information content (AvgIpc) is 3.05. The summed E-state index contributed by atoms with van der Waals surface area (Å²) < 4.78 is 5.57. The van der Waals surface area contributed by atoms with Crippen molar-refractivity contribution in [1.82, 2.24) is 15.2 Å². The molecule has 0 saturated carbocycles. The largest absolute Gasteiger partial charge is 0.411 e.